The molecule has 0 aliphatic heterocycles. The number of nitrogens with one attached hydrogen (secondary N) is 2. The average Bonchev–Trinajstić information content (AvgIpc) is 2.39. The molecular weight excluding hydrogens is 314 g/mol. The number of halogens is 1. The van der Waals surface area contributed by atoms with Crippen molar-refractivity contribution in [2.75, 3.05) is 12.4 Å². The summed E-state index contributed by atoms with van der Waals surface area (Å²) in [6.07, 6.45) is 0. The highest BCUT2D eigenvalue weighted by Gasteiger charge is 2.19. The summed E-state index contributed by atoms with van der Waals surface area (Å²) in [5, 5.41) is 2.68. The highest BCUT2D eigenvalue weighted by atomic mass is 35.5. The molecule has 4 N–H and O–H groups in total. The second-order valence-electron chi connectivity index (χ2n) is 4.82. The Hall–Kier alpha value is -1.15. The van der Waals surface area contributed by atoms with Crippen molar-refractivity contribution in [2.45, 2.75) is 31.7 Å². The van der Waals surface area contributed by atoms with Crippen molar-refractivity contribution in [1.82, 2.24) is 4.72 Å². The van der Waals surface area contributed by atoms with E-state index in [1.807, 2.05) is 0 Å². The van der Waals surface area contributed by atoms with Crippen LogP contribution in [0, 0.1) is 12.8 Å². The number of carbonyl (C=O) groups is 1. The van der Waals surface area contributed by atoms with E-state index in [1.54, 1.807) is 32.9 Å². The number of hydrogen-bond donors (Lipinski definition) is 3. The van der Waals surface area contributed by atoms with E-state index >= 15 is 0 Å². The highest BCUT2D eigenvalue weighted by Crippen LogP contribution is 2.20. The van der Waals surface area contributed by atoms with Gasteiger partial charge in [-0.15, -0.1) is 12.4 Å². The van der Waals surface area contributed by atoms with Gasteiger partial charge in [0.1, 0.15) is 0 Å². The van der Waals surface area contributed by atoms with Crippen molar-refractivity contribution in [3.05, 3.63) is 23.8 Å². The fourth-order valence-electron chi connectivity index (χ4n) is 1.57. The quantitative estimate of drug-likeness (QED) is 0.753. The highest BCUT2D eigenvalue weighted by molar-refractivity contribution is 7.89. The largest absolute Gasteiger partial charge is 0.327 e. The van der Waals surface area contributed by atoms with E-state index in [-0.39, 0.29) is 35.2 Å². The van der Waals surface area contributed by atoms with E-state index in [0.717, 1.165) is 0 Å². The molecule has 0 spiro atoms. The lowest BCUT2D eigenvalue weighted by Gasteiger charge is -2.16. The lowest BCUT2D eigenvalue weighted by atomic mass is 10.0. The third-order valence-corrected chi connectivity index (χ3v) is 4.77. The first-order valence-corrected chi connectivity index (χ1v) is 7.78. The summed E-state index contributed by atoms with van der Waals surface area (Å²) in [4.78, 5) is 12.1. The van der Waals surface area contributed by atoms with Crippen LogP contribution in [0.25, 0.3) is 0 Å². The monoisotopic (exact) mass is 335 g/mol. The first-order valence-electron chi connectivity index (χ1n) is 6.29. The maximum Gasteiger partial charge on any atom is 0.240 e. The zero-order chi connectivity index (χ0) is 15.5. The van der Waals surface area contributed by atoms with Crippen LogP contribution in [-0.2, 0) is 14.8 Å². The number of sulfonamides is 1. The Balaban J connectivity index is 0.00000400. The third-order valence-electron chi connectivity index (χ3n) is 3.22. The van der Waals surface area contributed by atoms with Gasteiger partial charge in [0, 0.05) is 11.7 Å². The molecule has 1 rings (SSSR count). The number of aryl methyl sites for hydroxylation is 1. The molecule has 0 saturated heterocycles. The number of nitrogens with two attached hydrogens (primary N) is 1. The molecule has 120 valence electrons. The number of anilines is 1. The molecule has 1 amide bonds. The maximum atomic E-state index is 11.9. The summed E-state index contributed by atoms with van der Waals surface area (Å²) in [5.74, 6) is -0.600. The Morgan fingerprint density at radius 3 is 2.33 bits per heavy atom. The number of benzene rings is 1. The second kappa shape index (κ2) is 7.74. The molecule has 0 fully saturated rings. The van der Waals surface area contributed by atoms with E-state index in [9.17, 15) is 13.2 Å². The summed E-state index contributed by atoms with van der Waals surface area (Å²) in [7, 11) is -2.20. The van der Waals surface area contributed by atoms with Crippen LogP contribution in [0.15, 0.2) is 23.1 Å². The van der Waals surface area contributed by atoms with E-state index in [0.29, 0.717) is 11.3 Å². The predicted octanol–water partition coefficient (Wildman–Crippen LogP) is 1.25. The van der Waals surface area contributed by atoms with Gasteiger partial charge < -0.3 is 11.1 Å². The molecule has 0 aromatic heterocycles. The number of carbonyl (C=O) groups excluding carboxylic acids is 1. The summed E-state index contributed by atoms with van der Waals surface area (Å²) in [6, 6.07) is 4.47. The molecule has 8 heteroatoms. The van der Waals surface area contributed by atoms with Crippen LogP contribution in [0.4, 0.5) is 5.69 Å². The van der Waals surface area contributed by atoms with E-state index < -0.39 is 10.0 Å². The normalized spacial score (nSPS) is 14.0. The first kappa shape index (κ1) is 19.9. The van der Waals surface area contributed by atoms with Crippen LogP contribution in [0.5, 0.6) is 0 Å². The van der Waals surface area contributed by atoms with Crippen LogP contribution < -0.4 is 15.8 Å². The van der Waals surface area contributed by atoms with Crippen molar-refractivity contribution in [2.24, 2.45) is 11.7 Å². The zero-order valence-electron chi connectivity index (χ0n) is 12.5. The van der Waals surface area contributed by atoms with Crippen molar-refractivity contribution < 1.29 is 13.2 Å². The Morgan fingerprint density at radius 1 is 1.29 bits per heavy atom. The number of hydrogen-bond acceptors (Lipinski definition) is 4. The van der Waals surface area contributed by atoms with Gasteiger partial charge in [-0.05, 0) is 38.6 Å². The van der Waals surface area contributed by atoms with Gasteiger partial charge in [-0.1, -0.05) is 13.0 Å². The lowest BCUT2D eigenvalue weighted by molar-refractivity contribution is -0.119. The smallest absolute Gasteiger partial charge is 0.240 e. The number of amides is 1. The second-order valence-corrected chi connectivity index (χ2v) is 6.68. The van der Waals surface area contributed by atoms with Gasteiger partial charge in [0.05, 0.1) is 10.8 Å². The van der Waals surface area contributed by atoms with Crippen LogP contribution in [0.3, 0.4) is 0 Å². The van der Waals surface area contributed by atoms with Crippen molar-refractivity contribution in [1.29, 1.82) is 0 Å². The molecule has 0 bridgehead atoms. The van der Waals surface area contributed by atoms with Gasteiger partial charge in [0.2, 0.25) is 15.9 Å². The van der Waals surface area contributed by atoms with E-state index in [1.165, 1.54) is 13.1 Å². The van der Waals surface area contributed by atoms with Gasteiger partial charge in [0.25, 0.3) is 0 Å². The summed E-state index contributed by atoms with van der Waals surface area (Å²) >= 11 is 0. The molecule has 0 aliphatic carbocycles. The molecule has 0 aliphatic rings. The van der Waals surface area contributed by atoms with Crippen molar-refractivity contribution in [3.63, 3.8) is 0 Å². The van der Waals surface area contributed by atoms with Crippen LogP contribution in [0.2, 0.25) is 0 Å². The van der Waals surface area contributed by atoms with Crippen molar-refractivity contribution >= 4 is 34.0 Å². The minimum atomic E-state index is -3.55. The fourth-order valence-corrected chi connectivity index (χ4v) is 2.57. The molecule has 0 radical (unpaired) electrons. The SMILES string of the molecule is CNS(=O)(=O)c1cc(NC(=O)C(C)C(C)N)ccc1C.Cl. The van der Waals surface area contributed by atoms with Crippen molar-refractivity contribution in [3.8, 4) is 0 Å². The van der Waals surface area contributed by atoms with E-state index in [2.05, 4.69) is 10.0 Å². The van der Waals surface area contributed by atoms with Crippen LogP contribution in [-0.4, -0.2) is 27.4 Å². The standard InChI is InChI=1S/C13H21N3O3S.ClH/c1-8-5-6-11(7-12(8)20(18,19)15-4)16-13(17)9(2)10(3)14;/h5-7,9-10,15H,14H2,1-4H3,(H,16,17);1H. The Labute approximate surface area is 132 Å². The molecule has 0 heterocycles. The summed E-state index contributed by atoms with van der Waals surface area (Å²) in [5.41, 5.74) is 6.71. The fraction of sp³-hybridized carbons (Fsp3) is 0.462. The molecule has 21 heavy (non-hydrogen) atoms. The van der Waals surface area contributed by atoms with Crippen LogP contribution in [0.1, 0.15) is 19.4 Å². The average molecular weight is 336 g/mol. The zero-order valence-corrected chi connectivity index (χ0v) is 14.1. The van der Waals surface area contributed by atoms with Gasteiger partial charge >= 0.3 is 0 Å². The molecular formula is C13H22ClN3O3S. The number of rotatable bonds is 5. The Morgan fingerprint density at radius 2 is 1.86 bits per heavy atom. The van der Waals surface area contributed by atoms with Gasteiger partial charge in [-0.2, -0.15) is 0 Å². The molecule has 1 aromatic rings. The Kier molecular flexibility index (Phi) is 7.32. The first-order chi connectivity index (χ1) is 9.19. The van der Waals surface area contributed by atoms with Gasteiger partial charge in [0.15, 0.2) is 0 Å². The van der Waals surface area contributed by atoms with Crippen LogP contribution >= 0.6 is 12.4 Å². The lowest BCUT2D eigenvalue weighted by Crippen LogP contribution is -2.34. The molecule has 0 saturated carbocycles. The van der Waals surface area contributed by atoms with Gasteiger partial charge in [-0.3, -0.25) is 4.79 Å². The minimum absolute atomic E-state index is 0. The molecule has 6 nitrogen and oxygen atoms in total. The molecule has 1 aromatic carbocycles. The molecule has 2 unspecified atom stereocenters. The summed E-state index contributed by atoms with van der Waals surface area (Å²) in [6.45, 7) is 5.16. The predicted molar refractivity (Wildman–Crippen MR) is 86.1 cm³/mol. The minimum Gasteiger partial charge on any atom is -0.327 e. The topological polar surface area (TPSA) is 101 Å². The molecule has 2 atom stereocenters. The van der Waals surface area contributed by atoms with E-state index in [4.69, 9.17) is 5.73 Å². The third kappa shape index (κ3) is 4.96. The Bertz CT molecular complexity index is 603. The van der Waals surface area contributed by atoms with Gasteiger partial charge in [-0.25, -0.2) is 13.1 Å². The maximum absolute atomic E-state index is 11.9. The summed E-state index contributed by atoms with van der Waals surface area (Å²) < 4.78 is 26.0.